The highest BCUT2D eigenvalue weighted by Crippen LogP contribution is 2.68. The third-order valence-electron chi connectivity index (χ3n) is 11.1. The molecule has 1 N–H and O–H groups in total. The molecule has 7 unspecified atom stereocenters. The van der Waals surface area contributed by atoms with Crippen molar-refractivity contribution >= 4 is 11.9 Å². The van der Waals surface area contributed by atoms with E-state index in [-0.39, 0.29) is 34.6 Å². The number of carboxylic acid groups (broad SMARTS) is 1. The number of piperidine rings is 1. The van der Waals surface area contributed by atoms with E-state index in [0.717, 1.165) is 30.6 Å². The minimum Gasteiger partial charge on any atom is -0.481 e. The number of carboxylic acids is 1. The first-order valence-electron chi connectivity index (χ1n) is 13.5. The Balaban J connectivity index is 1.60. The molecule has 4 heteroatoms. The molecule has 1 heterocycles. The number of hydrogen-bond donors (Lipinski definition) is 1. The van der Waals surface area contributed by atoms with Crippen LogP contribution in [-0.4, -0.2) is 35.0 Å². The van der Waals surface area contributed by atoms with E-state index in [1.165, 1.54) is 38.5 Å². The van der Waals surface area contributed by atoms with E-state index >= 15 is 0 Å². The molecule has 0 aromatic heterocycles. The fourth-order valence-corrected chi connectivity index (χ4v) is 9.41. The van der Waals surface area contributed by atoms with Crippen molar-refractivity contribution in [3.63, 3.8) is 0 Å². The first kappa shape index (κ1) is 24.1. The van der Waals surface area contributed by atoms with Crippen molar-refractivity contribution in [2.75, 3.05) is 7.05 Å². The number of hydrogen-bond acceptors (Lipinski definition) is 2. The number of carbonyl (C=O) groups excluding carboxylic acids is 1. The molecule has 1 amide bonds. The third kappa shape index (κ3) is 3.72. The summed E-state index contributed by atoms with van der Waals surface area (Å²) in [4.78, 5) is 27.0. The lowest BCUT2D eigenvalue weighted by Gasteiger charge is -2.63. The van der Waals surface area contributed by atoms with E-state index in [1.807, 2.05) is 11.9 Å². The number of rotatable bonds is 6. The summed E-state index contributed by atoms with van der Waals surface area (Å²) in [5.41, 5.74) is 0.354. The first-order valence-corrected chi connectivity index (χ1v) is 13.5. The Morgan fingerprint density at radius 2 is 1.75 bits per heavy atom. The Kier molecular flexibility index (Phi) is 6.48. The van der Waals surface area contributed by atoms with Crippen LogP contribution in [0.25, 0.3) is 0 Å². The summed E-state index contributed by atoms with van der Waals surface area (Å²) in [6.45, 7) is 12.0. The van der Waals surface area contributed by atoms with E-state index in [9.17, 15) is 14.7 Å². The average molecular weight is 446 g/mol. The molecular weight excluding hydrogens is 398 g/mol. The molecule has 0 bridgehead atoms. The largest absolute Gasteiger partial charge is 0.481 e. The quantitative estimate of drug-likeness (QED) is 0.526. The summed E-state index contributed by atoms with van der Waals surface area (Å²) in [5, 5.41) is 10.3. The van der Waals surface area contributed by atoms with Crippen LogP contribution in [0.2, 0.25) is 0 Å². The van der Waals surface area contributed by atoms with Gasteiger partial charge in [-0.05, 0) is 84.9 Å². The fourth-order valence-electron chi connectivity index (χ4n) is 9.41. The predicted octanol–water partition coefficient (Wildman–Crippen LogP) is 6.24. The molecule has 9 atom stereocenters. The molecule has 0 radical (unpaired) electrons. The molecule has 3 aliphatic carbocycles. The summed E-state index contributed by atoms with van der Waals surface area (Å²) >= 11 is 0. The molecule has 3 saturated carbocycles. The van der Waals surface area contributed by atoms with Gasteiger partial charge in [0.05, 0.1) is 5.92 Å². The van der Waals surface area contributed by atoms with Gasteiger partial charge in [0.15, 0.2) is 0 Å². The second kappa shape index (κ2) is 8.62. The van der Waals surface area contributed by atoms with E-state index in [1.54, 1.807) is 0 Å². The summed E-state index contributed by atoms with van der Waals surface area (Å²) in [5.74, 6) is 2.76. The van der Waals surface area contributed by atoms with Gasteiger partial charge in [0.25, 0.3) is 0 Å². The number of aliphatic carboxylic acids is 1. The van der Waals surface area contributed by atoms with Crippen LogP contribution in [0.3, 0.4) is 0 Å². The summed E-state index contributed by atoms with van der Waals surface area (Å²) in [6, 6.07) is 0.0858. The lowest BCUT2D eigenvalue weighted by atomic mass is 9.44. The molecule has 0 spiro atoms. The van der Waals surface area contributed by atoms with Gasteiger partial charge in [0.2, 0.25) is 5.91 Å². The van der Waals surface area contributed by atoms with E-state index in [4.69, 9.17) is 0 Å². The maximum absolute atomic E-state index is 12.6. The monoisotopic (exact) mass is 445 g/mol. The van der Waals surface area contributed by atoms with E-state index in [2.05, 4.69) is 34.6 Å². The van der Waals surface area contributed by atoms with Crippen molar-refractivity contribution in [1.29, 1.82) is 0 Å². The molecule has 0 aromatic rings. The molecule has 4 aliphatic rings. The van der Waals surface area contributed by atoms with Crippen molar-refractivity contribution in [2.24, 2.45) is 52.3 Å². The van der Waals surface area contributed by atoms with Gasteiger partial charge in [0.1, 0.15) is 0 Å². The summed E-state index contributed by atoms with van der Waals surface area (Å²) in [7, 11) is 1.92. The Labute approximate surface area is 195 Å². The van der Waals surface area contributed by atoms with E-state index in [0.29, 0.717) is 24.7 Å². The van der Waals surface area contributed by atoms with Crippen molar-refractivity contribution in [3.8, 4) is 0 Å². The molecule has 0 aromatic carbocycles. The van der Waals surface area contributed by atoms with Gasteiger partial charge >= 0.3 is 5.97 Å². The van der Waals surface area contributed by atoms with Crippen LogP contribution in [0.15, 0.2) is 0 Å². The molecule has 1 saturated heterocycles. The van der Waals surface area contributed by atoms with Crippen LogP contribution in [-0.2, 0) is 9.59 Å². The van der Waals surface area contributed by atoms with Gasteiger partial charge in [-0.25, -0.2) is 0 Å². The number of likely N-dealkylation sites (tertiary alicyclic amines) is 1. The standard InChI is InChI=1S/C28H47NO3/c1-17(2)8-7-9-18(3)20-10-11-21-25-19(26(31)32)16-23-28(5,15-13-24(30)29(23)6)22(25)12-14-27(20,21)4/h17-23,25H,7-16H2,1-6H3,(H,31,32)/t18?,19?,20?,21?,22?,23?,25?,27-,28-/m1/s1. The summed E-state index contributed by atoms with van der Waals surface area (Å²) < 4.78 is 0. The van der Waals surface area contributed by atoms with Crippen molar-refractivity contribution in [2.45, 2.75) is 105 Å². The second-order valence-electron chi connectivity index (χ2n) is 13.0. The third-order valence-corrected chi connectivity index (χ3v) is 11.1. The lowest BCUT2D eigenvalue weighted by Crippen LogP contribution is -2.64. The first-order chi connectivity index (χ1) is 15.0. The Morgan fingerprint density at radius 3 is 2.41 bits per heavy atom. The van der Waals surface area contributed by atoms with Crippen LogP contribution in [0.4, 0.5) is 0 Å². The Morgan fingerprint density at radius 1 is 1.06 bits per heavy atom. The van der Waals surface area contributed by atoms with Crippen molar-refractivity contribution in [1.82, 2.24) is 4.90 Å². The number of nitrogens with zero attached hydrogens (tertiary/aromatic N) is 1. The van der Waals surface area contributed by atoms with Crippen molar-refractivity contribution < 1.29 is 14.7 Å². The summed E-state index contributed by atoms with van der Waals surface area (Å²) in [6.07, 6.45) is 11.0. The van der Waals surface area contributed by atoms with Crippen LogP contribution in [0.1, 0.15) is 98.8 Å². The molecule has 4 fully saturated rings. The Hall–Kier alpha value is -1.06. The number of amides is 1. The second-order valence-corrected chi connectivity index (χ2v) is 13.0. The number of fused-ring (bicyclic) bond motifs is 5. The zero-order valence-electron chi connectivity index (χ0n) is 21.4. The zero-order valence-corrected chi connectivity index (χ0v) is 21.4. The molecule has 4 nitrogen and oxygen atoms in total. The van der Waals surface area contributed by atoms with Gasteiger partial charge in [-0.1, -0.05) is 53.9 Å². The van der Waals surface area contributed by atoms with Gasteiger partial charge in [-0.15, -0.1) is 0 Å². The molecular formula is C28H47NO3. The zero-order chi connectivity index (χ0) is 23.4. The van der Waals surface area contributed by atoms with Gasteiger partial charge in [-0.3, -0.25) is 9.59 Å². The van der Waals surface area contributed by atoms with E-state index < -0.39 is 5.97 Å². The number of carbonyl (C=O) groups is 2. The van der Waals surface area contributed by atoms with Crippen LogP contribution >= 0.6 is 0 Å². The van der Waals surface area contributed by atoms with Gasteiger partial charge < -0.3 is 10.0 Å². The highest BCUT2D eigenvalue weighted by Gasteiger charge is 2.64. The van der Waals surface area contributed by atoms with Crippen molar-refractivity contribution in [3.05, 3.63) is 0 Å². The topological polar surface area (TPSA) is 57.6 Å². The smallest absolute Gasteiger partial charge is 0.306 e. The normalized spacial score (nSPS) is 44.7. The maximum atomic E-state index is 12.6. The highest BCUT2D eigenvalue weighted by atomic mass is 16.4. The molecule has 32 heavy (non-hydrogen) atoms. The molecule has 4 rings (SSSR count). The minimum absolute atomic E-state index is 0.0710. The highest BCUT2D eigenvalue weighted by molar-refractivity contribution is 5.78. The Bertz CT molecular complexity index is 734. The van der Waals surface area contributed by atoms with Gasteiger partial charge in [-0.2, -0.15) is 0 Å². The maximum Gasteiger partial charge on any atom is 0.306 e. The average Bonchev–Trinajstić information content (AvgIpc) is 3.07. The SMILES string of the molecule is CC(C)CCCC(C)C1CCC2C3C(C(=O)O)CC4N(C)C(=O)CC[C@]4(C)C3CC[C@]12C. The fraction of sp³-hybridized carbons (Fsp3) is 0.929. The van der Waals surface area contributed by atoms with Crippen LogP contribution in [0, 0.1) is 52.3 Å². The van der Waals surface area contributed by atoms with Crippen LogP contribution < -0.4 is 0 Å². The molecule has 182 valence electrons. The lowest BCUT2D eigenvalue weighted by molar-refractivity contribution is -0.181. The molecule has 1 aliphatic heterocycles. The van der Waals surface area contributed by atoms with Crippen LogP contribution in [0.5, 0.6) is 0 Å². The van der Waals surface area contributed by atoms with Gasteiger partial charge in [0, 0.05) is 19.5 Å². The minimum atomic E-state index is -0.619. The predicted molar refractivity (Wildman–Crippen MR) is 128 cm³/mol.